The molecule has 1 aromatic heterocycles. The summed E-state index contributed by atoms with van der Waals surface area (Å²) in [5.74, 6) is 1.09. The van der Waals surface area contributed by atoms with Crippen LogP contribution in [0.4, 0.5) is 0 Å². The predicted molar refractivity (Wildman–Crippen MR) is 90.0 cm³/mol. The van der Waals surface area contributed by atoms with Crippen LogP contribution in [0, 0.1) is 0 Å². The third-order valence-electron chi connectivity index (χ3n) is 3.16. The van der Waals surface area contributed by atoms with Crippen molar-refractivity contribution in [1.82, 2.24) is 10.3 Å². The Balaban J connectivity index is 2.07. The van der Waals surface area contributed by atoms with E-state index in [1.54, 1.807) is 26.4 Å². The van der Waals surface area contributed by atoms with Gasteiger partial charge in [0.05, 0.1) is 18.2 Å². The van der Waals surface area contributed by atoms with Crippen molar-refractivity contribution in [2.45, 2.75) is 26.2 Å². The molecule has 0 fully saturated rings. The minimum absolute atomic E-state index is 0.365. The van der Waals surface area contributed by atoms with E-state index in [9.17, 15) is 5.11 Å². The maximum atomic E-state index is 9.27. The summed E-state index contributed by atoms with van der Waals surface area (Å²) in [6.45, 7) is 3.20. The highest BCUT2D eigenvalue weighted by Crippen LogP contribution is 2.36. The number of aliphatic hydroxyl groups excluding tert-OH is 1. The summed E-state index contributed by atoms with van der Waals surface area (Å²) < 4.78 is 11.2. The maximum Gasteiger partial charge on any atom is 0.180 e. The lowest BCUT2D eigenvalue weighted by atomic mass is 10.2. The first-order valence-corrected chi connectivity index (χ1v) is 7.75. The van der Waals surface area contributed by atoms with Crippen molar-refractivity contribution >= 4 is 11.6 Å². The molecule has 124 valence electrons. The normalized spacial score (nSPS) is 12.0. The molecule has 5 nitrogen and oxygen atoms in total. The Morgan fingerprint density at radius 3 is 2.83 bits per heavy atom. The van der Waals surface area contributed by atoms with E-state index in [-0.39, 0.29) is 0 Å². The highest BCUT2D eigenvalue weighted by Gasteiger charge is 2.12. The maximum absolute atomic E-state index is 9.27. The van der Waals surface area contributed by atoms with Crippen LogP contribution in [-0.2, 0) is 13.2 Å². The Kier molecular flexibility index (Phi) is 6.65. The van der Waals surface area contributed by atoms with Gasteiger partial charge in [0.15, 0.2) is 11.5 Å². The van der Waals surface area contributed by atoms with Gasteiger partial charge in [-0.2, -0.15) is 0 Å². The zero-order valence-electron chi connectivity index (χ0n) is 13.3. The minimum Gasteiger partial charge on any atom is -0.493 e. The van der Waals surface area contributed by atoms with Crippen molar-refractivity contribution in [3.63, 3.8) is 0 Å². The smallest absolute Gasteiger partial charge is 0.180 e. The number of hydrogen-bond donors (Lipinski definition) is 2. The molecule has 0 aliphatic carbocycles. The topological polar surface area (TPSA) is 63.6 Å². The number of methoxy groups -OCH3 is 1. The fourth-order valence-corrected chi connectivity index (χ4v) is 2.37. The van der Waals surface area contributed by atoms with Crippen molar-refractivity contribution in [1.29, 1.82) is 0 Å². The van der Waals surface area contributed by atoms with Gasteiger partial charge < -0.3 is 19.9 Å². The van der Waals surface area contributed by atoms with E-state index in [2.05, 4.69) is 10.3 Å². The van der Waals surface area contributed by atoms with Crippen molar-refractivity contribution in [3.05, 3.63) is 52.8 Å². The zero-order chi connectivity index (χ0) is 16.7. The molecule has 2 rings (SSSR count). The van der Waals surface area contributed by atoms with Gasteiger partial charge in [0, 0.05) is 31.0 Å². The standard InChI is InChI=1S/C17H21ClN2O3/c1-12(21)8-20-10-14-6-15(18)17(16(7-14)22-2)23-11-13-4-3-5-19-9-13/h3-7,9,12,20-21H,8,10-11H2,1-2H3. The first-order valence-electron chi connectivity index (χ1n) is 7.37. The summed E-state index contributed by atoms with van der Waals surface area (Å²) in [5.41, 5.74) is 1.91. The van der Waals surface area contributed by atoms with Crippen molar-refractivity contribution in [3.8, 4) is 11.5 Å². The first kappa shape index (κ1) is 17.5. The number of nitrogens with zero attached hydrogens (tertiary/aromatic N) is 1. The molecule has 0 saturated carbocycles. The van der Waals surface area contributed by atoms with Crippen molar-refractivity contribution in [2.75, 3.05) is 13.7 Å². The van der Waals surface area contributed by atoms with Crippen LogP contribution in [-0.4, -0.2) is 29.8 Å². The second kappa shape index (κ2) is 8.72. The highest BCUT2D eigenvalue weighted by atomic mass is 35.5. The summed E-state index contributed by atoms with van der Waals surface area (Å²) >= 11 is 6.32. The average molecular weight is 337 g/mol. The summed E-state index contributed by atoms with van der Waals surface area (Å²) in [6.07, 6.45) is 3.07. The number of ether oxygens (including phenoxy) is 2. The Morgan fingerprint density at radius 2 is 2.17 bits per heavy atom. The molecule has 0 saturated heterocycles. The van der Waals surface area contributed by atoms with E-state index in [1.807, 2.05) is 24.3 Å². The van der Waals surface area contributed by atoms with Gasteiger partial charge in [-0.15, -0.1) is 0 Å². The summed E-state index contributed by atoms with van der Waals surface area (Å²) in [5, 5.41) is 12.9. The number of halogens is 1. The Bertz CT molecular complexity index is 621. The fourth-order valence-electron chi connectivity index (χ4n) is 2.08. The van der Waals surface area contributed by atoms with E-state index in [0.29, 0.717) is 36.2 Å². The van der Waals surface area contributed by atoms with Gasteiger partial charge in [-0.1, -0.05) is 17.7 Å². The molecule has 1 heterocycles. The summed E-state index contributed by atoms with van der Waals surface area (Å²) in [4.78, 5) is 4.05. The van der Waals surface area contributed by atoms with E-state index in [0.717, 1.165) is 11.1 Å². The number of benzene rings is 1. The fraction of sp³-hybridized carbons (Fsp3) is 0.353. The SMILES string of the molecule is COc1cc(CNCC(C)O)cc(Cl)c1OCc1cccnc1. The van der Waals surface area contributed by atoms with Gasteiger partial charge in [-0.05, 0) is 30.7 Å². The monoisotopic (exact) mass is 336 g/mol. The van der Waals surface area contributed by atoms with Gasteiger partial charge in [0.25, 0.3) is 0 Å². The van der Waals surface area contributed by atoms with Gasteiger partial charge in [0.1, 0.15) is 6.61 Å². The van der Waals surface area contributed by atoms with Crippen LogP contribution >= 0.6 is 11.6 Å². The van der Waals surface area contributed by atoms with Gasteiger partial charge in [0.2, 0.25) is 0 Å². The molecule has 2 aromatic rings. The lowest BCUT2D eigenvalue weighted by molar-refractivity contribution is 0.191. The lowest BCUT2D eigenvalue weighted by Crippen LogP contribution is -2.23. The molecule has 2 N–H and O–H groups in total. The third kappa shape index (κ3) is 5.39. The van der Waals surface area contributed by atoms with E-state index in [4.69, 9.17) is 21.1 Å². The van der Waals surface area contributed by atoms with E-state index in [1.165, 1.54) is 0 Å². The molecule has 0 spiro atoms. The second-order valence-electron chi connectivity index (χ2n) is 5.24. The molecular weight excluding hydrogens is 316 g/mol. The van der Waals surface area contributed by atoms with Gasteiger partial charge in [-0.3, -0.25) is 4.98 Å². The molecule has 23 heavy (non-hydrogen) atoms. The molecule has 0 radical (unpaired) electrons. The molecule has 0 aliphatic rings. The minimum atomic E-state index is -0.394. The van der Waals surface area contributed by atoms with Crippen LogP contribution in [0.1, 0.15) is 18.1 Å². The number of nitrogens with one attached hydrogen (secondary N) is 1. The predicted octanol–water partition coefficient (Wildman–Crippen LogP) is 2.79. The van der Waals surface area contributed by atoms with Crippen molar-refractivity contribution < 1.29 is 14.6 Å². The van der Waals surface area contributed by atoms with Gasteiger partial charge in [-0.25, -0.2) is 0 Å². The number of aliphatic hydroxyl groups is 1. The lowest BCUT2D eigenvalue weighted by Gasteiger charge is -2.15. The van der Waals surface area contributed by atoms with Crippen LogP contribution in [0.3, 0.4) is 0 Å². The molecule has 0 aliphatic heterocycles. The molecule has 6 heteroatoms. The summed E-state index contributed by atoms with van der Waals surface area (Å²) in [6, 6.07) is 7.49. The van der Waals surface area contributed by atoms with Crippen LogP contribution in [0.2, 0.25) is 5.02 Å². The Labute approximate surface area is 141 Å². The number of rotatable bonds is 8. The van der Waals surface area contributed by atoms with Crippen LogP contribution in [0.5, 0.6) is 11.5 Å². The van der Waals surface area contributed by atoms with Crippen LogP contribution < -0.4 is 14.8 Å². The number of aromatic nitrogens is 1. The first-order chi connectivity index (χ1) is 11.1. The van der Waals surface area contributed by atoms with Crippen LogP contribution in [0.15, 0.2) is 36.7 Å². The average Bonchev–Trinajstić information content (AvgIpc) is 2.54. The third-order valence-corrected chi connectivity index (χ3v) is 3.44. The van der Waals surface area contributed by atoms with Gasteiger partial charge >= 0.3 is 0 Å². The molecular formula is C17H21ClN2O3. The van der Waals surface area contributed by atoms with E-state index >= 15 is 0 Å². The molecule has 0 bridgehead atoms. The van der Waals surface area contributed by atoms with Crippen LogP contribution in [0.25, 0.3) is 0 Å². The second-order valence-corrected chi connectivity index (χ2v) is 5.65. The molecule has 1 aromatic carbocycles. The Morgan fingerprint density at radius 1 is 1.35 bits per heavy atom. The number of hydrogen-bond acceptors (Lipinski definition) is 5. The molecule has 1 atom stereocenters. The summed E-state index contributed by atoms with van der Waals surface area (Å²) in [7, 11) is 1.58. The molecule has 1 unspecified atom stereocenters. The quantitative estimate of drug-likeness (QED) is 0.776. The van der Waals surface area contributed by atoms with Crippen molar-refractivity contribution in [2.24, 2.45) is 0 Å². The Hall–Kier alpha value is -1.82. The van der Waals surface area contributed by atoms with E-state index < -0.39 is 6.10 Å². The zero-order valence-corrected chi connectivity index (χ0v) is 14.0. The highest BCUT2D eigenvalue weighted by molar-refractivity contribution is 6.32. The molecule has 0 amide bonds. The number of pyridine rings is 1. The largest absolute Gasteiger partial charge is 0.493 e.